The molecule has 2 N–H and O–H groups in total. The fraction of sp³-hybridized carbons (Fsp3) is 0.600. The van der Waals surface area contributed by atoms with Crippen LogP contribution in [0, 0.1) is 11.7 Å². The van der Waals surface area contributed by atoms with Gasteiger partial charge in [0.05, 0.1) is 0 Å². The Hall–Kier alpha value is -1.17. The van der Waals surface area contributed by atoms with Gasteiger partial charge in [-0.15, -0.1) is 0 Å². The van der Waals surface area contributed by atoms with Crippen LogP contribution in [0.15, 0.2) is 24.3 Å². The van der Waals surface area contributed by atoms with E-state index in [1.165, 1.54) is 6.07 Å². The molecular formula is C15H22FNO3. The molecule has 4 nitrogen and oxygen atoms in total. The Morgan fingerprint density at radius 3 is 3.05 bits per heavy atom. The van der Waals surface area contributed by atoms with E-state index >= 15 is 0 Å². The minimum Gasteiger partial charge on any atom is -0.488 e. The van der Waals surface area contributed by atoms with Crippen LogP contribution in [-0.4, -0.2) is 44.1 Å². The lowest BCUT2D eigenvalue weighted by Crippen LogP contribution is -2.32. The lowest BCUT2D eigenvalue weighted by atomic mass is 10.1. The fourth-order valence-corrected chi connectivity index (χ4v) is 2.19. The molecule has 20 heavy (non-hydrogen) atoms. The summed E-state index contributed by atoms with van der Waals surface area (Å²) in [4.78, 5) is 0. The molecule has 2 atom stereocenters. The lowest BCUT2D eigenvalue weighted by Gasteiger charge is -2.14. The zero-order valence-electron chi connectivity index (χ0n) is 11.6. The largest absolute Gasteiger partial charge is 0.488 e. The van der Waals surface area contributed by atoms with Gasteiger partial charge in [0.15, 0.2) is 11.6 Å². The lowest BCUT2D eigenvalue weighted by molar-refractivity contribution is 0.104. The van der Waals surface area contributed by atoms with Crippen LogP contribution in [0.4, 0.5) is 4.39 Å². The van der Waals surface area contributed by atoms with Gasteiger partial charge in [-0.1, -0.05) is 12.1 Å². The molecule has 0 aromatic heterocycles. The molecule has 2 rings (SSSR count). The van der Waals surface area contributed by atoms with Gasteiger partial charge in [0.25, 0.3) is 0 Å². The molecule has 0 saturated carbocycles. The minimum absolute atomic E-state index is 0.0838. The molecule has 0 bridgehead atoms. The Labute approximate surface area is 118 Å². The van der Waals surface area contributed by atoms with Crippen molar-refractivity contribution >= 4 is 0 Å². The van der Waals surface area contributed by atoms with Gasteiger partial charge in [0.1, 0.15) is 12.7 Å². The van der Waals surface area contributed by atoms with E-state index in [-0.39, 0.29) is 12.4 Å². The average molecular weight is 283 g/mol. The zero-order chi connectivity index (χ0) is 14.2. The molecular weight excluding hydrogens is 261 g/mol. The molecule has 1 aliphatic rings. The molecule has 2 unspecified atom stereocenters. The number of para-hydroxylation sites is 1. The molecule has 1 aromatic carbocycles. The molecule has 0 aliphatic carbocycles. The van der Waals surface area contributed by atoms with Crippen molar-refractivity contribution in [2.75, 3.05) is 32.9 Å². The van der Waals surface area contributed by atoms with E-state index in [1.807, 2.05) is 0 Å². The summed E-state index contributed by atoms with van der Waals surface area (Å²) in [5.74, 6) is 0.401. The van der Waals surface area contributed by atoms with Gasteiger partial charge in [0, 0.05) is 19.8 Å². The van der Waals surface area contributed by atoms with Crippen molar-refractivity contribution in [1.29, 1.82) is 0 Å². The summed E-state index contributed by atoms with van der Waals surface area (Å²) in [7, 11) is 0. The highest BCUT2D eigenvalue weighted by Gasteiger charge is 2.15. The number of hydrogen-bond acceptors (Lipinski definition) is 4. The molecule has 0 amide bonds. The Kier molecular flexibility index (Phi) is 6.24. The van der Waals surface area contributed by atoms with E-state index in [2.05, 4.69) is 5.32 Å². The van der Waals surface area contributed by atoms with Crippen molar-refractivity contribution in [2.24, 2.45) is 5.92 Å². The van der Waals surface area contributed by atoms with Gasteiger partial charge >= 0.3 is 0 Å². The number of halogens is 1. The van der Waals surface area contributed by atoms with E-state index in [4.69, 9.17) is 9.47 Å². The second-order valence-corrected chi connectivity index (χ2v) is 5.12. The van der Waals surface area contributed by atoms with Crippen molar-refractivity contribution in [2.45, 2.75) is 18.9 Å². The van der Waals surface area contributed by atoms with Crippen molar-refractivity contribution in [3.8, 4) is 5.75 Å². The van der Waals surface area contributed by atoms with Crippen molar-refractivity contribution in [3.63, 3.8) is 0 Å². The second-order valence-electron chi connectivity index (χ2n) is 5.12. The number of aliphatic hydroxyl groups excluding tert-OH is 1. The summed E-state index contributed by atoms with van der Waals surface area (Å²) in [6.07, 6.45) is 1.54. The summed E-state index contributed by atoms with van der Waals surface area (Å²) >= 11 is 0. The van der Waals surface area contributed by atoms with Gasteiger partial charge in [-0.3, -0.25) is 0 Å². The quantitative estimate of drug-likeness (QED) is 0.711. The van der Waals surface area contributed by atoms with Crippen molar-refractivity contribution < 1.29 is 19.0 Å². The van der Waals surface area contributed by atoms with Crippen LogP contribution in [0.5, 0.6) is 5.75 Å². The molecule has 0 spiro atoms. The van der Waals surface area contributed by atoms with E-state index in [0.29, 0.717) is 12.5 Å². The van der Waals surface area contributed by atoms with Crippen LogP contribution in [0.2, 0.25) is 0 Å². The SMILES string of the molecule is OC(CNCCC1CCOC1)COc1ccccc1F. The smallest absolute Gasteiger partial charge is 0.165 e. The normalized spacial score (nSPS) is 20.0. The fourth-order valence-electron chi connectivity index (χ4n) is 2.19. The molecule has 1 fully saturated rings. The highest BCUT2D eigenvalue weighted by molar-refractivity contribution is 5.23. The van der Waals surface area contributed by atoms with Crippen molar-refractivity contribution in [3.05, 3.63) is 30.1 Å². The molecule has 112 valence electrons. The molecule has 1 saturated heterocycles. The van der Waals surface area contributed by atoms with E-state index in [1.54, 1.807) is 18.2 Å². The van der Waals surface area contributed by atoms with Gasteiger partial charge in [-0.25, -0.2) is 4.39 Å². The van der Waals surface area contributed by atoms with E-state index in [9.17, 15) is 9.50 Å². The summed E-state index contributed by atoms with van der Waals surface area (Å²) in [6.45, 7) is 3.09. The predicted octanol–water partition coefficient (Wildman–Crippen LogP) is 1.58. The maximum absolute atomic E-state index is 13.3. The summed E-state index contributed by atoms with van der Waals surface area (Å²) in [6, 6.07) is 6.19. The molecule has 0 radical (unpaired) electrons. The topological polar surface area (TPSA) is 50.7 Å². The van der Waals surface area contributed by atoms with Gasteiger partial charge in [-0.05, 0) is 37.4 Å². The first kappa shape index (κ1) is 15.2. The predicted molar refractivity (Wildman–Crippen MR) is 74.3 cm³/mol. The molecule has 1 aliphatic heterocycles. The number of ether oxygens (including phenoxy) is 2. The number of benzene rings is 1. The highest BCUT2D eigenvalue weighted by Crippen LogP contribution is 2.16. The number of nitrogens with one attached hydrogen (secondary N) is 1. The van der Waals surface area contributed by atoms with Crippen LogP contribution in [0.25, 0.3) is 0 Å². The van der Waals surface area contributed by atoms with Crippen LogP contribution in [0.3, 0.4) is 0 Å². The molecule has 1 aromatic rings. The van der Waals surface area contributed by atoms with E-state index < -0.39 is 11.9 Å². The first-order valence-electron chi connectivity index (χ1n) is 7.09. The second kappa shape index (κ2) is 8.19. The van der Waals surface area contributed by atoms with Gasteiger partial charge in [0.2, 0.25) is 0 Å². The first-order chi connectivity index (χ1) is 9.75. The standard InChI is InChI=1S/C15H22FNO3/c16-14-3-1-2-4-15(14)20-11-13(18)9-17-7-5-12-6-8-19-10-12/h1-4,12-13,17-18H,5-11H2. The van der Waals surface area contributed by atoms with Crippen LogP contribution < -0.4 is 10.1 Å². The van der Waals surface area contributed by atoms with Crippen LogP contribution in [0.1, 0.15) is 12.8 Å². The van der Waals surface area contributed by atoms with Crippen molar-refractivity contribution in [1.82, 2.24) is 5.32 Å². The Morgan fingerprint density at radius 2 is 2.30 bits per heavy atom. The molecule has 5 heteroatoms. The monoisotopic (exact) mass is 283 g/mol. The maximum atomic E-state index is 13.3. The minimum atomic E-state index is -0.644. The van der Waals surface area contributed by atoms with Gasteiger partial charge < -0.3 is 19.9 Å². The van der Waals surface area contributed by atoms with Crippen LogP contribution >= 0.6 is 0 Å². The average Bonchev–Trinajstić information content (AvgIpc) is 2.96. The Balaban J connectivity index is 1.56. The first-order valence-corrected chi connectivity index (χ1v) is 7.09. The summed E-state index contributed by atoms with van der Waals surface area (Å²) < 4.78 is 23.8. The number of aliphatic hydroxyl groups is 1. The third-order valence-corrected chi connectivity index (χ3v) is 3.40. The third kappa shape index (κ3) is 5.07. The van der Waals surface area contributed by atoms with E-state index in [0.717, 1.165) is 32.6 Å². The maximum Gasteiger partial charge on any atom is 0.165 e. The molecule has 1 heterocycles. The highest BCUT2D eigenvalue weighted by atomic mass is 19.1. The van der Waals surface area contributed by atoms with Gasteiger partial charge in [-0.2, -0.15) is 0 Å². The summed E-state index contributed by atoms with van der Waals surface area (Å²) in [5.41, 5.74) is 0. The Bertz CT molecular complexity index is 396. The Morgan fingerprint density at radius 1 is 1.45 bits per heavy atom. The van der Waals surface area contributed by atoms with Crippen LogP contribution in [-0.2, 0) is 4.74 Å². The summed E-state index contributed by atoms with van der Waals surface area (Å²) in [5, 5.41) is 12.9. The number of hydrogen-bond donors (Lipinski definition) is 2. The zero-order valence-corrected chi connectivity index (χ0v) is 11.6. The number of rotatable bonds is 8. The third-order valence-electron chi connectivity index (χ3n) is 3.40.